The summed E-state index contributed by atoms with van der Waals surface area (Å²) in [6.07, 6.45) is -9.87. The zero-order valence-corrected chi connectivity index (χ0v) is 8.37. The monoisotopic (exact) mass is 253 g/mol. The van der Waals surface area contributed by atoms with Crippen molar-refractivity contribution >= 4 is 0 Å². The lowest BCUT2D eigenvalue weighted by Gasteiger charge is -2.14. The normalized spacial score (nSPS) is 12.4. The van der Waals surface area contributed by atoms with E-state index < -0.39 is 29.0 Å². The van der Waals surface area contributed by atoms with Crippen LogP contribution in [0.4, 0.5) is 26.3 Å². The molecular formula is C10H5F6N. The van der Waals surface area contributed by atoms with Gasteiger partial charge in [-0.3, -0.25) is 0 Å². The fourth-order valence-corrected chi connectivity index (χ4v) is 1.32. The van der Waals surface area contributed by atoms with Crippen LogP contribution in [0.15, 0.2) is 12.1 Å². The first-order valence-corrected chi connectivity index (χ1v) is 4.26. The molecule has 0 saturated carbocycles. The van der Waals surface area contributed by atoms with Crippen LogP contribution in [0.5, 0.6) is 0 Å². The lowest BCUT2D eigenvalue weighted by atomic mass is 9.98. The second-order valence-corrected chi connectivity index (χ2v) is 3.32. The van der Waals surface area contributed by atoms with Gasteiger partial charge in [-0.05, 0) is 24.6 Å². The van der Waals surface area contributed by atoms with Gasteiger partial charge in [0.05, 0.1) is 16.7 Å². The molecule has 0 unspecified atom stereocenters. The SMILES string of the molecule is Cc1cc(C(F)(F)F)cc(C(F)(F)F)c1C#N. The van der Waals surface area contributed by atoms with Crippen LogP contribution in [-0.4, -0.2) is 0 Å². The van der Waals surface area contributed by atoms with Crippen molar-refractivity contribution in [3.63, 3.8) is 0 Å². The van der Waals surface area contributed by atoms with Crippen LogP contribution in [-0.2, 0) is 12.4 Å². The van der Waals surface area contributed by atoms with Crippen LogP contribution >= 0.6 is 0 Å². The van der Waals surface area contributed by atoms with Crippen molar-refractivity contribution in [3.8, 4) is 6.07 Å². The van der Waals surface area contributed by atoms with Crippen molar-refractivity contribution in [2.45, 2.75) is 19.3 Å². The lowest BCUT2D eigenvalue weighted by molar-refractivity contribution is -0.143. The van der Waals surface area contributed by atoms with Gasteiger partial charge in [0.2, 0.25) is 0 Å². The molecule has 0 heterocycles. The summed E-state index contributed by atoms with van der Waals surface area (Å²) in [5.74, 6) is 0. The van der Waals surface area contributed by atoms with Gasteiger partial charge >= 0.3 is 12.4 Å². The van der Waals surface area contributed by atoms with Crippen LogP contribution in [0.3, 0.4) is 0 Å². The maximum absolute atomic E-state index is 12.5. The van der Waals surface area contributed by atoms with E-state index in [2.05, 4.69) is 0 Å². The Morgan fingerprint density at radius 2 is 1.53 bits per heavy atom. The van der Waals surface area contributed by atoms with Gasteiger partial charge in [0.25, 0.3) is 0 Å². The maximum atomic E-state index is 12.5. The Kier molecular flexibility index (Phi) is 3.10. The summed E-state index contributed by atoms with van der Waals surface area (Å²) in [5, 5.41) is 8.53. The highest BCUT2D eigenvalue weighted by Crippen LogP contribution is 2.38. The number of aryl methyl sites for hydroxylation is 1. The van der Waals surface area contributed by atoms with Crippen molar-refractivity contribution in [2.24, 2.45) is 0 Å². The van der Waals surface area contributed by atoms with Gasteiger partial charge in [0.15, 0.2) is 0 Å². The van der Waals surface area contributed by atoms with E-state index in [0.29, 0.717) is 6.07 Å². The summed E-state index contributed by atoms with van der Waals surface area (Å²) in [6, 6.07) is 1.73. The molecule has 0 aliphatic rings. The molecule has 0 N–H and O–H groups in total. The van der Waals surface area contributed by atoms with Crippen molar-refractivity contribution in [2.75, 3.05) is 0 Å². The quantitative estimate of drug-likeness (QED) is 0.643. The first-order chi connectivity index (χ1) is 7.57. The van der Waals surface area contributed by atoms with Crippen molar-refractivity contribution < 1.29 is 26.3 Å². The molecule has 0 atom stereocenters. The molecule has 0 spiro atoms. The summed E-state index contributed by atoms with van der Waals surface area (Å²) >= 11 is 0. The van der Waals surface area contributed by atoms with E-state index in [0.717, 1.165) is 6.92 Å². The number of benzene rings is 1. The number of nitrogens with zero attached hydrogens (tertiary/aromatic N) is 1. The van der Waals surface area contributed by atoms with Gasteiger partial charge in [-0.1, -0.05) is 0 Å². The molecule has 1 rings (SSSR count). The van der Waals surface area contributed by atoms with Crippen molar-refractivity contribution in [1.29, 1.82) is 5.26 Å². The molecule has 1 aromatic rings. The minimum atomic E-state index is -4.99. The lowest BCUT2D eigenvalue weighted by Crippen LogP contribution is -2.13. The summed E-state index contributed by atoms with van der Waals surface area (Å²) in [7, 11) is 0. The number of nitriles is 1. The second kappa shape index (κ2) is 3.95. The van der Waals surface area contributed by atoms with Gasteiger partial charge in [-0.25, -0.2) is 0 Å². The minimum absolute atomic E-state index is 0.0500. The summed E-state index contributed by atoms with van der Waals surface area (Å²) < 4.78 is 74.4. The largest absolute Gasteiger partial charge is 0.417 e. The average molecular weight is 253 g/mol. The Hall–Kier alpha value is -1.71. The Labute approximate surface area is 92.3 Å². The molecule has 0 aliphatic carbocycles. The van der Waals surface area contributed by atoms with E-state index in [4.69, 9.17) is 5.26 Å². The van der Waals surface area contributed by atoms with Crippen LogP contribution in [0, 0.1) is 18.3 Å². The smallest absolute Gasteiger partial charge is 0.192 e. The molecular weight excluding hydrogens is 248 g/mol. The zero-order chi connectivity index (χ0) is 13.4. The first-order valence-electron chi connectivity index (χ1n) is 4.26. The Bertz CT molecular complexity index is 477. The van der Waals surface area contributed by atoms with Crippen LogP contribution < -0.4 is 0 Å². The molecule has 92 valence electrons. The van der Waals surface area contributed by atoms with E-state index in [1.165, 1.54) is 6.07 Å². The topological polar surface area (TPSA) is 23.8 Å². The predicted octanol–water partition coefficient (Wildman–Crippen LogP) is 3.90. The molecule has 0 bridgehead atoms. The van der Waals surface area contributed by atoms with Crippen LogP contribution in [0.1, 0.15) is 22.3 Å². The van der Waals surface area contributed by atoms with Gasteiger partial charge < -0.3 is 0 Å². The number of halogens is 6. The molecule has 0 radical (unpaired) electrons. The highest BCUT2D eigenvalue weighted by atomic mass is 19.4. The molecule has 1 aromatic carbocycles. The summed E-state index contributed by atoms with van der Waals surface area (Å²) in [6.45, 7) is 1.03. The highest BCUT2D eigenvalue weighted by Gasteiger charge is 2.39. The Balaban J connectivity index is 3.58. The second-order valence-electron chi connectivity index (χ2n) is 3.32. The molecule has 0 aromatic heterocycles. The first kappa shape index (κ1) is 13.4. The third-order valence-electron chi connectivity index (χ3n) is 2.08. The van der Waals surface area contributed by atoms with Gasteiger partial charge in [-0.2, -0.15) is 31.6 Å². The van der Waals surface area contributed by atoms with Crippen molar-refractivity contribution in [3.05, 3.63) is 34.4 Å². The van der Waals surface area contributed by atoms with Gasteiger partial charge in [0, 0.05) is 0 Å². The van der Waals surface area contributed by atoms with Gasteiger partial charge in [-0.15, -0.1) is 0 Å². The molecule has 0 saturated heterocycles. The fourth-order valence-electron chi connectivity index (χ4n) is 1.32. The zero-order valence-electron chi connectivity index (χ0n) is 8.37. The number of hydrogen-bond acceptors (Lipinski definition) is 1. The van der Waals surface area contributed by atoms with Crippen LogP contribution in [0.2, 0.25) is 0 Å². The van der Waals surface area contributed by atoms with Crippen LogP contribution in [0.25, 0.3) is 0 Å². The van der Waals surface area contributed by atoms with Gasteiger partial charge in [0.1, 0.15) is 6.07 Å². The Morgan fingerprint density at radius 1 is 1.00 bits per heavy atom. The third-order valence-corrected chi connectivity index (χ3v) is 2.08. The van der Waals surface area contributed by atoms with E-state index in [1.54, 1.807) is 0 Å². The molecule has 1 nitrogen and oxygen atoms in total. The Morgan fingerprint density at radius 3 is 1.88 bits per heavy atom. The number of hydrogen-bond donors (Lipinski definition) is 0. The van der Waals surface area contributed by atoms with E-state index >= 15 is 0 Å². The van der Waals surface area contributed by atoms with Crippen molar-refractivity contribution in [1.82, 2.24) is 0 Å². The predicted molar refractivity (Wildman–Crippen MR) is 45.9 cm³/mol. The van der Waals surface area contributed by atoms with E-state index in [9.17, 15) is 26.3 Å². The minimum Gasteiger partial charge on any atom is -0.192 e. The molecule has 0 aliphatic heterocycles. The van der Waals surface area contributed by atoms with E-state index in [-0.39, 0.29) is 11.6 Å². The maximum Gasteiger partial charge on any atom is 0.417 e. The molecule has 0 fully saturated rings. The summed E-state index contributed by atoms with van der Waals surface area (Å²) in [4.78, 5) is 0. The number of alkyl halides is 6. The molecule has 0 amide bonds. The van der Waals surface area contributed by atoms with E-state index in [1.807, 2.05) is 0 Å². The molecule has 17 heavy (non-hydrogen) atoms. The average Bonchev–Trinajstić information content (AvgIpc) is 2.13. The highest BCUT2D eigenvalue weighted by molar-refractivity contribution is 5.48. The third kappa shape index (κ3) is 2.70. The number of rotatable bonds is 0. The molecule has 7 heteroatoms. The summed E-state index contributed by atoms with van der Waals surface area (Å²) in [5.41, 5.74) is -4.12. The standard InChI is InChI=1S/C10H5F6N/c1-5-2-6(9(11,12)13)3-8(7(5)4-17)10(14,15)16/h2-3H,1H3. The fraction of sp³-hybridized carbons (Fsp3) is 0.300.